The summed E-state index contributed by atoms with van der Waals surface area (Å²) in [6, 6.07) is 0. The molecule has 0 aliphatic heterocycles. The molecule has 1 unspecified atom stereocenters. The fourth-order valence-corrected chi connectivity index (χ4v) is 2.26. The summed E-state index contributed by atoms with van der Waals surface area (Å²) in [7, 11) is 0. The first-order valence-corrected chi connectivity index (χ1v) is 6.09. The number of thioether (sulfide) groups is 1. The van der Waals surface area contributed by atoms with Gasteiger partial charge in [0.05, 0.1) is 6.33 Å². The highest BCUT2D eigenvalue weighted by atomic mass is 32.2. The van der Waals surface area contributed by atoms with Crippen LogP contribution in [0.25, 0.3) is 11.2 Å². The molecule has 0 saturated carbocycles. The summed E-state index contributed by atoms with van der Waals surface area (Å²) in [5.41, 5.74) is 7.14. The lowest BCUT2D eigenvalue weighted by atomic mass is 10.2. The van der Waals surface area contributed by atoms with Gasteiger partial charge in [-0.05, 0) is 5.92 Å². The number of hydrogen-bond acceptors (Lipinski definition) is 5. The van der Waals surface area contributed by atoms with Crippen LogP contribution in [0, 0.1) is 5.92 Å². The number of nitrogens with zero attached hydrogens (tertiary/aromatic N) is 3. The van der Waals surface area contributed by atoms with E-state index in [-0.39, 0.29) is 5.95 Å². The van der Waals surface area contributed by atoms with Crippen LogP contribution in [0.3, 0.4) is 0 Å². The van der Waals surface area contributed by atoms with E-state index in [1.807, 2.05) is 0 Å². The summed E-state index contributed by atoms with van der Waals surface area (Å²) in [5, 5.41) is 1.35. The van der Waals surface area contributed by atoms with Crippen LogP contribution in [-0.4, -0.2) is 25.2 Å². The molecule has 3 N–H and O–H groups in total. The van der Waals surface area contributed by atoms with Gasteiger partial charge in [0.15, 0.2) is 5.65 Å². The summed E-state index contributed by atoms with van der Waals surface area (Å²) >= 11 is 1.70. The van der Waals surface area contributed by atoms with Crippen molar-refractivity contribution in [1.29, 1.82) is 0 Å². The molecule has 0 spiro atoms. The number of anilines is 1. The lowest BCUT2D eigenvalue weighted by molar-refractivity contribution is 0.641. The van der Waals surface area contributed by atoms with Crippen LogP contribution in [0.4, 0.5) is 5.95 Å². The van der Waals surface area contributed by atoms with E-state index in [1.165, 1.54) is 0 Å². The van der Waals surface area contributed by atoms with E-state index >= 15 is 0 Å². The molecule has 2 aromatic rings. The highest BCUT2D eigenvalue weighted by Gasteiger charge is 2.14. The fraction of sp³-hybridized carbons (Fsp3) is 0.500. The van der Waals surface area contributed by atoms with Gasteiger partial charge in [-0.1, -0.05) is 20.8 Å². The van der Waals surface area contributed by atoms with E-state index in [0.717, 1.165) is 10.5 Å². The van der Waals surface area contributed by atoms with Gasteiger partial charge in [0, 0.05) is 5.25 Å². The molecule has 0 amide bonds. The van der Waals surface area contributed by atoms with Crippen molar-refractivity contribution in [3.63, 3.8) is 0 Å². The van der Waals surface area contributed by atoms with E-state index < -0.39 is 0 Å². The van der Waals surface area contributed by atoms with Crippen molar-refractivity contribution in [2.75, 3.05) is 5.73 Å². The third-order valence-electron chi connectivity index (χ3n) is 2.51. The normalized spacial score (nSPS) is 13.5. The molecule has 5 nitrogen and oxygen atoms in total. The molecular weight excluding hydrogens is 222 g/mol. The molecule has 0 radical (unpaired) electrons. The monoisotopic (exact) mass is 237 g/mol. The molecular formula is C10H15N5S. The third-order valence-corrected chi connectivity index (χ3v) is 3.94. The molecule has 6 heteroatoms. The van der Waals surface area contributed by atoms with Crippen LogP contribution in [0.5, 0.6) is 0 Å². The quantitative estimate of drug-likeness (QED) is 0.631. The molecule has 2 heterocycles. The second kappa shape index (κ2) is 4.29. The van der Waals surface area contributed by atoms with Gasteiger partial charge in [-0.3, -0.25) is 0 Å². The summed E-state index contributed by atoms with van der Waals surface area (Å²) in [5.74, 6) is 0.859. The second-order valence-corrected chi connectivity index (χ2v) is 5.42. The Hall–Kier alpha value is -1.30. The second-order valence-electron chi connectivity index (χ2n) is 4.06. The van der Waals surface area contributed by atoms with Gasteiger partial charge >= 0.3 is 0 Å². The molecule has 0 aliphatic carbocycles. The first-order valence-electron chi connectivity index (χ1n) is 5.21. The van der Waals surface area contributed by atoms with Gasteiger partial charge in [0.25, 0.3) is 0 Å². The van der Waals surface area contributed by atoms with Crippen molar-refractivity contribution in [2.24, 2.45) is 5.92 Å². The maximum atomic E-state index is 5.65. The molecule has 86 valence electrons. The Balaban J connectivity index is 2.39. The van der Waals surface area contributed by atoms with Crippen LogP contribution >= 0.6 is 11.8 Å². The molecule has 0 aromatic carbocycles. The maximum absolute atomic E-state index is 5.65. The average Bonchev–Trinajstić information content (AvgIpc) is 2.65. The molecule has 1 atom stereocenters. The predicted molar refractivity (Wildman–Crippen MR) is 66.3 cm³/mol. The average molecular weight is 237 g/mol. The first kappa shape index (κ1) is 11.2. The topological polar surface area (TPSA) is 80.5 Å². The number of aromatic amines is 1. The number of fused-ring (bicyclic) bond motifs is 1. The summed E-state index contributed by atoms with van der Waals surface area (Å²) < 4.78 is 0. The number of nitrogens with two attached hydrogens (primary N) is 1. The summed E-state index contributed by atoms with van der Waals surface area (Å²) in [6.45, 7) is 6.55. The smallest absolute Gasteiger partial charge is 0.223 e. The Morgan fingerprint density at radius 2 is 2.06 bits per heavy atom. The third kappa shape index (κ3) is 2.11. The van der Waals surface area contributed by atoms with Crippen molar-refractivity contribution >= 4 is 28.9 Å². The number of H-pyrrole nitrogens is 1. The molecule has 0 fully saturated rings. The Kier molecular flexibility index (Phi) is 3.00. The zero-order chi connectivity index (χ0) is 11.7. The summed E-state index contributed by atoms with van der Waals surface area (Å²) in [6.07, 6.45) is 1.61. The fourth-order valence-electron chi connectivity index (χ4n) is 1.22. The molecule has 0 bridgehead atoms. The number of nitrogen functional groups attached to an aromatic ring is 1. The van der Waals surface area contributed by atoms with Crippen molar-refractivity contribution in [3.05, 3.63) is 6.33 Å². The summed E-state index contributed by atoms with van der Waals surface area (Å²) in [4.78, 5) is 15.5. The minimum absolute atomic E-state index is 0.276. The maximum Gasteiger partial charge on any atom is 0.223 e. The highest BCUT2D eigenvalue weighted by Crippen LogP contribution is 2.30. The molecule has 0 aliphatic rings. The van der Waals surface area contributed by atoms with E-state index in [9.17, 15) is 0 Å². The molecule has 2 aromatic heterocycles. The van der Waals surface area contributed by atoms with E-state index in [4.69, 9.17) is 5.73 Å². The van der Waals surface area contributed by atoms with Crippen molar-refractivity contribution in [3.8, 4) is 0 Å². The van der Waals surface area contributed by atoms with Crippen LogP contribution in [-0.2, 0) is 0 Å². The van der Waals surface area contributed by atoms with Gasteiger partial charge in [0.1, 0.15) is 10.5 Å². The van der Waals surface area contributed by atoms with Gasteiger partial charge in [-0.25, -0.2) is 9.97 Å². The Bertz CT molecular complexity index is 493. The Labute approximate surface area is 98.3 Å². The van der Waals surface area contributed by atoms with Crippen LogP contribution in [0.1, 0.15) is 20.8 Å². The van der Waals surface area contributed by atoms with Gasteiger partial charge in [-0.2, -0.15) is 4.98 Å². The number of hydrogen-bond donors (Lipinski definition) is 2. The first-order chi connectivity index (χ1) is 7.58. The molecule has 0 saturated heterocycles. The van der Waals surface area contributed by atoms with Crippen molar-refractivity contribution in [1.82, 2.24) is 19.9 Å². The number of imidazole rings is 1. The SMILES string of the molecule is CC(C)C(C)Sc1nc(N)nc2nc[nH]c12. The minimum atomic E-state index is 0.276. The van der Waals surface area contributed by atoms with E-state index in [2.05, 4.69) is 40.7 Å². The Morgan fingerprint density at radius 1 is 1.31 bits per heavy atom. The van der Waals surface area contributed by atoms with Gasteiger partial charge in [0.2, 0.25) is 5.95 Å². The number of nitrogens with one attached hydrogen (secondary N) is 1. The lowest BCUT2D eigenvalue weighted by Gasteiger charge is -2.14. The largest absolute Gasteiger partial charge is 0.368 e. The zero-order valence-electron chi connectivity index (χ0n) is 9.56. The van der Waals surface area contributed by atoms with E-state index in [1.54, 1.807) is 18.1 Å². The molecule has 16 heavy (non-hydrogen) atoms. The highest BCUT2D eigenvalue weighted by molar-refractivity contribution is 8.00. The van der Waals surface area contributed by atoms with Gasteiger partial charge < -0.3 is 10.7 Å². The molecule has 2 rings (SSSR count). The van der Waals surface area contributed by atoms with Crippen LogP contribution in [0.2, 0.25) is 0 Å². The lowest BCUT2D eigenvalue weighted by Crippen LogP contribution is -2.07. The number of rotatable bonds is 3. The van der Waals surface area contributed by atoms with Gasteiger partial charge in [-0.15, -0.1) is 11.8 Å². The predicted octanol–water partition coefficient (Wildman–Crippen LogP) is 2.07. The van der Waals surface area contributed by atoms with Crippen molar-refractivity contribution in [2.45, 2.75) is 31.0 Å². The number of aromatic nitrogens is 4. The minimum Gasteiger partial charge on any atom is -0.368 e. The van der Waals surface area contributed by atoms with Crippen LogP contribution < -0.4 is 5.73 Å². The Morgan fingerprint density at radius 3 is 2.75 bits per heavy atom. The van der Waals surface area contributed by atoms with E-state index in [0.29, 0.717) is 16.8 Å². The van der Waals surface area contributed by atoms with Crippen LogP contribution in [0.15, 0.2) is 11.4 Å². The zero-order valence-corrected chi connectivity index (χ0v) is 10.4. The standard InChI is InChI=1S/C10H15N5S/c1-5(2)6(3)16-9-7-8(13-4-12-7)14-10(11)15-9/h4-6H,1-3H3,(H3,11,12,13,14,15). The van der Waals surface area contributed by atoms with Crippen molar-refractivity contribution < 1.29 is 0 Å².